The number of ether oxygens (including phenoxy) is 1. The Labute approximate surface area is 137 Å². The second-order valence-corrected chi connectivity index (χ2v) is 6.30. The van der Waals surface area contributed by atoms with Gasteiger partial charge in [0.25, 0.3) is 0 Å². The Bertz CT molecular complexity index is 668. The summed E-state index contributed by atoms with van der Waals surface area (Å²) in [6.45, 7) is 5.42. The minimum absolute atomic E-state index is 0.331. The van der Waals surface area contributed by atoms with Gasteiger partial charge in [-0.25, -0.2) is 9.97 Å². The molecule has 23 heavy (non-hydrogen) atoms. The summed E-state index contributed by atoms with van der Waals surface area (Å²) in [7, 11) is 0. The predicted octanol–water partition coefficient (Wildman–Crippen LogP) is 2.79. The maximum atomic E-state index is 5.84. The van der Waals surface area contributed by atoms with Crippen molar-refractivity contribution in [3.63, 3.8) is 0 Å². The van der Waals surface area contributed by atoms with Gasteiger partial charge in [0.15, 0.2) is 0 Å². The Hall–Kier alpha value is -2.14. The fourth-order valence-corrected chi connectivity index (χ4v) is 2.80. The maximum absolute atomic E-state index is 5.84. The molecule has 1 aliphatic carbocycles. The largest absolute Gasteiger partial charge is 0.491 e. The van der Waals surface area contributed by atoms with E-state index in [1.54, 1.807) is 6.33 Å². The topological polar surface area (TPSA) is 73.1 Å². The van der Waals surface area contributed by atoms with Crippen molar-refractivity contribution in [2.45, 2.75) is 38.6 Å². The lowest BCUT2D eigenvalue weighted by Crippen LogP contribution is -2.35. The molecule has 1 aromatic carbocycles. The summed E-state index contributed by atoms with van der Waals surface area (Å²) in [4.78, 5) is 8.62. The monoisotopic (exact) mass is 312 g/mol. The summed E-state index contributed by atoms with van der Waals surface area (Å²) >= 11 is 0. The van der Waals surface area contributed by atoms with Crippen molar-refractivity contribution in [3.05, 3.63) is 47.4 Å². The average molecular weight is 312 g/mol. The lowest BCUT2D eigenvalue weighted by atomic mass is 9.79. The summed E-state index contributed by atoms with van der Waals surface area (Å²) in [5.74, 6) is 2.28. The van der Waals surface area contributed by atoms with Crippen molar-refractivity contribution in [2.24, 2.45) is 5.73 Å². The number of rotatable bonds is 6. The summed E-state index contributed by atoms with van der Waals surface area (Å²) in [6, 6.07) is 8.59. The first-order valence-electron chi connectivity index (χ1n) is 8.13. The van der Waals surface area contributed by atoms with Gasteiger partial charge in [0, 0.05) is 23.7 Å². The van der Waals surface area contributed by atoms with Crippen LogP contribution in [0.1, 0.15) is 35.6 Å². The van der Waals surface area contributed by atoms with Gasteiger partial charge in [0.05, 0.1) is 6.54 Å². The van der Waals surface area contributed by atoms with Crippen LogP contribution in [0.5, 0.6) is 5.75 Å². The molecule has 0 atom stereocenters. The lowest BCUT2D eigenvalue weighted by molar-refractivity contribution is 0.330. The zero-order chi connectivity index (χ0) is 16.2. The van der Waals surface area contributed by atoms with Crippen LogP contribution in [-0.4, -0.2) is 29.2 Å². The molecule has 0 amide bonds. The number of anilines is 1. The second-order valence-electron chi connectivity index (χ2n) is 6.30. The fraction of sp³-hybridized carbons (Fsp3) is 0.444. The molecule has 0 unspecified atom stereocenters. The van der Waals surface area contributed by atoms with Crippen LogP contribution in [-0.2, 0) is 0 Å². The number of hydrogen-bond donors (Lipinski definition) is 2. The summed E-state index contributed by atoms with van der Waals surface area (Å²) in [5, 5.41) is 3.30. The number of aryl methyl sites for hydroxylation is 2. The minimum Gasteiger partial charge on any atom is -0.491 e. The zero-order valence-electron chi connectivity index (χ0n) is 13.7. The van der Waals surface area contributed by atoms with Crippen molar-refractivity contribution < 1.29 is 4.74 Å². The highest BCUT2D eigenvalue weighted by atomic mass is 16.5. The Morgan fingerprint density at radius 2 is 2.04 bits per heavy atom. The fourth-order valence-electron chi connectivity index (χ4n) is 2.80. The van der Waals surface area contributed by atoms with Gasteiger partial charge in [-0.2, -0.15) is 0 Å². The van der Waals surface area contributed by atoms with E-state index >= 15 is 0 Å². The smallest absolute Gasteiger partial charge is 0.129 e. The van der Waals surface area contributed by atoms with Gasteiger partial charge in [0.2, 0.25) is 0 Å². The Morgan fingerprint density at radius 1 is 1.22 bits per heavy atom. The van der Waals surface area contributed by atoms with Gasteiger partial charge < -0.3 is 15.8 Å². The third kappa shape index (κ3) is 3.99. The van der Waals surface area contributed by atoms with Crippen LogP contribution in [0.4, 0.5) is 5.82 Å². The first-order chi connectivity index (χ1) is 11.1. The summed E-state index contributed by atoms with van der Waals surface area (Å²) in [5.41, 5.74) is 9.29. The number of nitrogens with zero attached hydrogens (tertiary/aromatic N) is 2. The predicted molar refractivity (Wildman–Crippen MR) is 91.9 cm³/mol. The Morgan fingerprint density at radius 3 is 2.83 bits per heavy atom. The van der Waals surface area contributed by atoms with Crippen LogP contribution in [0.25, 0.3) is 0 Å². The van der Waals surface area contributed by atoms with E-state index in [0.29, 0.717) is 25.1 Å². The standard InChI is InChI=1S/C18H24N4O/c1-12-3-4-13(2)17(7-12)23-6-5-20-18-10-16(21-11-22-18)14-8-15(19)9-14/h3-4,7,10-11,14-15H,5-6,8-9,19H2,1-2H3,(H,20,21,22). The quantitative estimate of drug-likeness (QED) is 0.802. The third-order valence-corrected chi connectivity index (χ3v) is 4.29. The molecule has 1 saturated carbocycles. The summed E-state index contributed by atoms with van der Waals surface area (Å²) in [6.07, 6.45) is 3.66. The van der Waals surface area contributed by atoms with Crippen LogP contribution < -0.4 is 15.8 Å². The van der Waals surface area contributed by atoms with E-state index < -0.39 is 0 Å². The van der Waals surface area contributed by atoms with Crippen molar-refractivity contribution >= 4 is 5.82 Å². The molecule has 5 heteroatoms. The van der Waals surface area contributed by atoms with E-state index in [4.69, 9.17) is 10.5 Å². The average Bonchev–Trinajstić information content (AvgIpc) is 2.52. The van der Waals surface area contributed by atoms with E-state index in [-0.39, 0.29) is 0 Å². The van der Waals surface area contributed by atoms with Gasteiger partial charge in [0.1, 0.15) is 24.5 Å². The van der Waals surface area contributed by atoms with E-state index in [1.165, 1.54) is 5.56 Å². The molecular formula is C18H24N4O. The molecule has 122 valence electrons. The van der Waals surface area contributed by atoms with Crippen LogP contribution >= 0.6 is 0 Å². The van der Waals surface area contributed by atoms with E-state index in [2.05, 4.69) is 47.3 Å². The molecule has 1 heterocycles. The number of benzene rings is 1. The van der Waals surface area contributed by atoms with E-state index in [9.17, 15) is 0 Å². The Balaban J connectivity index is 1.49. The molecule has 2 aromatic rings. The maximum Gasteiger partial charge on any atom is 0.129 e. The van der Waals surface area contributed by atoms with E-state index in [1.807, 2.05) is 6.07 Å². The molecule has 3 rings (SSSR count). The van der Waals surface area contributed by atoms with Crippen LogP contribution in [0, 0.1) is 13.8 Å². The highest BCUT2D eigenvalue weighted by molar-refractivity contribution is 5.37. The molecule has 1 aromatic heterocycles. The van der Waals surface area contributed by atoms with Crippen molar-refractivity contribution in [3.8, 4) is 5.75 Å². The molecule has 1 aliphatic rings. The molecular weight excluding hydrogens is 288 g/mol. The molecule has 0 spiro atoms. The SMILES string of the molecule is Cc1ccc(C)c(OCCNc2cc(C3CC(N)C3)ncn2)c1. The van der Waals surface area contributed by atoms with Crippen molar-refractivity contribution in [2.75, 3.05) is 18.5 Å². The van der Waals surface area contributed by atoms with Crippen LogP contribution in [0.15, 0.2) is 30.6 Å². The van der Waals surface area contributed by atoms with Crippen LogP contribution in [0.3, 0.4) is 0 Å². The van der Waals surface area contributed by atoms with Gasteiger partial charge in [-0.05, 0) is 43.9 Å². The minimum atomic E-state index is 0.331. The molecule has 0 saturated heterocycles. The first kappa shape index (κ1) is 15.7. The first-order valence-corrected chi connectivity index (χ1v) is 8.13. The molecule has 0 bridgehead atoms. The van der Waals surface area contributed by atoms with Gasteiger partial charge in [-0.15, -0.1) is 0 Å². The van der Waals surface area contributed by atoms with Crippen molar-refractivity contribution in [1.29, 1.82) is 0 Å². The van der Waals surface area contributed by atoms with Gasteiger partial charge in [-0.1, -0.05) is 12.1 Å². The molecule has 0 radical (unpaired) electrons. The normalized spacial score (nSPS) is 20.0. The van der Waals surface area contributed by atoms with Gasteiger partial charge in [-0.3, -0.25) is 0 Å². The zero-order valence-corrected chi connectivity index (χ0v) is 13.7. The molecule has 5 nitrogen and oxygen atoms in total. The number of aromatic nitrogens is 2. The number of nitrogens with one attached hydrogen (secondary N) is 1. The molecule has 1 fully saturated rings. The van der Waals surface area contributed by atoms with Crippen molar-refractivity contribution in [1.82, 2.24) is 9.97 Å². The van der Waals surface area contributed by atoms with E-state index in [0.717, 1.165) is 35.7 Å². The second kappa shape index (κ2) is 6.96. The highest BCUT2D eigenvalue weighted by Crippen LogP contribution is 2.34. The third-order valence-electron chi connectivity index (χ3n) is 4.29. The number of nitrogens with two attached hydrogens (primary N) is 1. The molecule has 3 N–H and O–H groups in total. The number of hydrogen-bond acceptors (Lipinski definition) is 5. The molecule has 0 aliphatic heterocycles. The van der Waals surface area contributed by atoms with Gasteiger partial charge >= 0.3 is 0 Å². The Kier molecular flexibility index (Phi) is 4.76. The van der Waals surface area contributed by atoms with Crippen LogP contribution in [0.2, 0.25) is 0 Å². The summed E-state index contributed by atoms with van der Waals surface area (Å²) < 4.78 is 5.84. The highest BCUT2D eigenvalue weighted by Gasteiger charge is 2.28. The lowest BCUT2D eigenvalue weighted by Gasteiger charge is -2.31.